The third-order valence-electron chi connectivity index (χ3n) is 4.82. The van der Waals surface area contributed by atoms with Gasteiger partial charge in [0.05, 0.1) is 25.3 Å². The molecule has 0 unspecified atom stereocenters. The van der Waals surface area contributed by atoms with E-state index in [1.807, 2.05) is 12.1 Å². The SMILES string of the molecule is COC1=CC(N(CC2CC2)c2ccc3nccnc3c2)=CCC(OC)=C1. The quantitative estimate of drug-likeness (QED) is 0.782. The van der Waals surface area contributed by atoms with E-state index in [4.69, 9.17) is 9.47 Å². The van der Waals surface area contributed by atoms with Crippen molar-refractivity contribution < 1.29 is 9.47 Å². The first-order valence-electron chi connectivity index (χ1n) is 8.95. The lowest BCUT2D eigenvalue weighted by Gasteiger charge is -2.26. The summed E-state index contributed by atoms with van der Waals surface area (Å²) < 4.78 is 11.0. The van der Waals surface area contributed by atoms with Crippen LogP contribution in [-0.2, 0) is 9.47 Å². The van der Waals surface area contributed by atoms with Crippen LogP contribution in [0.1, 0.15) is 19.3 Å². The molecular formula is C21H23N3O2. The number of rotatable bonds is 6. The van der Waals surface area contributed by atoms with Crippen LogP contribution in [0.4, 0.5) is 5.69 Å². The van der Waals surface area contributed by atoms with E-state index in [-0.39, 0.29) is 0 Å². The Morgan fingerprint density at radius 1 is 1.04 bits per heavy atom. The van der Waals surface area contributed by atoms with Gasteiger partial charge >= 0.3 is 0 Å². The minimum atomic E-state index is 0.740. The number of anilines is 1. The minimum absolute atomic E-state index is 0.740. The third-order valence-corrected chi connectivity index (χ3v) is 4.82. The second kappa shape index (κ2) is 7.20. The largest absolute Gasteiger partial charge is 0.501 e. The van der Waals surface area contributed by atoms with Crippen molar-refractivity contribution in [3.05, 3.63) is 66.0 Å². The maximum Gasteiger partial charge on any atom is 0.124 e. The molecule has 2 aliphatic rings. The molecule has 4 rings (SSSR count). The van der Waals surface area contributed by atoms with Crippen LogP contribution in [0.5, 0.6) is 0 Å². The molecular weight excluding hydrogens is 326 g/mol. The van der Waals surface area contributed by atoms with Crippen LogP contribution in [0.15, 0.2) is 66.0 Å². The number of hydrogen-bond acceptors (Lipinski definition) is 5. The average Bonchev–Trinajstić information content (AvgIpc) is 3.52. The van der Waals surface area contributed by atoms with Gasteiger partial charge < -0.3 is 14.4 Å². The summed E-state index contributed by atoms with van der Waals surface area (Å²) in [5.74, 6) is 2.43. The monoisotopic (exact) mass is 349 g/mol. The molecule has 2 aliphatic carbocycles. The Kier molecular flexibility index (Phi) is 4.61. The molecule has 0 spiro atoms. The topological polar surface area (TPSA) is 47.5 Å². The van der Waals surface area contributed by atoms with Gasteiger partial charge in [-0.1, -0.05) is 6.08 Å². The zero-order chi connectivity index (χ0) is 17.9. The summed E-state index contributed by atoms with van der Waals surface area (Å²) >= 11 is 0. The van der Waals surface area contributed by atoms with E-state index in [1.54, 1.807) is 26.6 Å². The number of benzene rings is 1. The number of nitrogens with zero attached hydrogens (tertiary/aromatic N) is 3. The van der Waals surface area contributed by atoms with Crippen molar-refractivity contribution >= 4 is 16.7 Å². The van der Waals surface area contributed by atoms with Crippen molar-refractivity contribution in [3.63, 3.8) is 0 Å². The molecule has 26 heavy (non-hydrogen) atoms. The molecule has 1 aromatic carbocycles. The van der Waals surface area contributed by atoms with Gasteiger partial charge in [0.25, 0.3) is 0 Å². The predicted octanol–water partition coefficient (Wildman–Crippen LogP) is 4.19. The first-order valence-corrected chi connectivity index (χ1v) is 8.95. The van der Waals surface area contributed by atoms with Gasteiger partial charge in [-0.05, 0) is 37.0 Å². The molecule has 1 aromatic heterocycles. The molecule has 1 heterocycles. The summed E-state index contributed by atoms with van der Waals surface area (Å²) in [5.41, 5.74) is 4.07. The van der Waals surface area contributed by atoms with Gasteiger partial charge in [-0.3, -0.25) is 9.97 Å². The highest BCUT2D eigenvalue weighted by Crippen LogP contribution is 2.35. The molecule has 1 saturated carbocycles. The Labute approximate surface area is 153 Å². The second-order valence-electron chi connectivity index (χ2n) is 6.68. The van der Waals surface area contributed by atoms with E-state index in [0.717, 1.165) is 52.8 Å². The Bertz CT molecular complexity index is 897. The Morgan fingerprint density at radius 3 is 2.58 bits per heavy atom. The van der Waals surface area contributed by atoms with E-state index in [0.29, 0.717) is 0 Å². The molecule has 2 aromatic rings. The Morgan fingerprint density at radius 2 is 1.85 bits per heavy atom. The highest BCUT2D eigenvalue weighted by Gasteiger charge is 2.26. The molecule has 0 radical (unpaired) electrons. The van der Waals surface area contributed by atoms with Crippen LogP contribution >= 0.6 is 0 Å². The van der Waals surface area contributed by atoms with Gasteiger partial charge in [0, 0.05) is 48.9 Å². The lowest BCUT2D eigenvalue weighted by molar-refractivity contribution is 0.271. The fourth-order valence-corrected chi connectivity index (χ4v) is 3.16. The van der Waals surface area contributed by atoms with E-state index < -0.39 is 0 Å². The summed E-state index contributed by atoms with van der Waals surface area (Å²) in [5, 5.41) is 0. The van der Waals surface area contributed by atoms with Gasteiger partial charge in [-0.2, -0.15) is 0 Å². The molecule has 0 aliphatic heterocycles. The standard InChI is InChI=1S/C21H23N3O2/c1-25-18-7-5-16(11-19(13-18)26-2)24(14-15-3-4-15)17-6-8-20-21(12-17)23-10-9-22-20/h5-6,8-13,15H,3-4,7,14H2,1-2H3. The van der Waals surface area contributed by atoms with Crippen LogP contribution in [0.25, 0.3) is 11.0 Å². The molecule has 0 N–H and O–H groups in total. The van der Waals surface area contributed by atoms with Gasteiger partial charge in [0.15, 0.2) is 0 Å². The normalized spacial score (nSPS) is 17.1. The average molecular weight is 349 g/mol. The lowest BCUT2D eigenvalue weighted by Crippen LogP contribution is -2.24. The highest BCUT2D eigenvalue weighted by molar-refractivity contribution is 5.79. The Balaban J connectivity index is 1.73. The predicted molar refractivity (Wildman–Crippen MR) is 102 cm³/mol. The number of ether oxygens (including phenoxy) is 2. The van der Waals surface area contributed by atoms with Crippen LogP contribution in [-0.4, -0.2) is 30.7 Å². The molecule has 0 atom stereocenters. The summed E-state index contributed by atoms with van der Waals surface area (Å²) in [6, 6.07) is 6.27. The highest BCUT2D eigenvalue weighted by atomic mass is 16.5. The van der Waals surface area contributed by atoms with Gasteiger partial charge in [-0.15, -0.1) is 0 Å². The van der Waals surface area contributed by atoms with Gasteiger partial charge in [0.2, 0.25) is 0 Å². The molecule has 0 bridgehead atoms. The zero-order valence-corrected chi connectivity index (χ0v) is 15.2. The van der Waals surface area contributed by atoms with Crippen molar-refractivity contribution in [2.24, 2.45) is 5.92 Å². The first kappa shape index (κ1) is 16.6. The van der Waals surface area contributed by atoms with Crippen molar-refractivity contribution in [2.45, 2.75) is 19.3 Å². The smallest absolute Gasteiger partial charge is 0.124 e. The molecule has 5 nitrogen and oxygen atoms in total. The third kappa shape index (κ3) is 3.57. The number of aromatic nitrogens is 2. The van der Waals surface area contributed by atoms with Gasteiger partial charge in [-0.25, -0.2) is 0 Å². The van der Waals surface area contributed by atoms with Crippen LogP contribution in [0.2, 0.25) is 0 Å². The molecule has 134 valence electrons. The second-order valence-corrected chi connectivity index (χ2v) is 6.68. The van der Waals surface area contributed by atoms with Crippen molar-refractivity contribution in [1.29, 1.82) is 0 Å². The molecule has 0 amide bonds. The van der Waals surface area contributed by atoms with E-state index in [9.17, 15) is 0 Å². The van der Waals surface area contributed by atoms with Crippen molar-refractivity contribution in [3.8, 4) is 0 Å². The van der Waals surface area contributed by atoms with Gasteiger partial charge in [0.1, 0.15) is 11.5 Å². The fraction of sp³-hybridized carbons (Fsp3) is 0.333. The number of methoxy groups -OCH3 is 2. The summed E-state index contributed by atoms with van der Waals surface area (Å²) in [4.78, 5) is 11.2. The molecule has 1 fully saturated rings. The molecule has 5 heteroatoms. The summed E-state index contributed by atoms with van der Waals surface area (Å²) in [6.45, 7) is 0.993. The van der Waals surface area contributed by atoms with E-state index >= 15 is 0 Å². The maximum atomic E-state index is 5.53. The van der Waals surface area contributed by atoms with Crippen molar-refractivity contribution in [1.82, 2.24) is 9.97 Å². The lowest BCUT2D eigenvalue weighted by atomic mass is 10.2. The Hall–Kier alpha value is -2.82. The maximum absolute atomic E-state index is 5.53. The summed E-state index contributed by atoms with van der Waals surface area (Å²) in [7, 11) is 3.39. The number of hydrogen-bond donors (Lipinski definition) is 0. The van der Waals surface area contributed by atoms with E-state index in [2.05, 4.69) is 39.2 Å². The minimum Gasteiger partial charge on any atom is -0.501 e. The van der Waals surface area contributed by atoms with Crippen LogP contribution in [0, 0.1) is 5.92 Å². The number of allylic oxidation sites excluding steroid dienone is 3. The van der Waals surface area contributed by atoms with Crippen LogP contribution in [0.3, 0.4) is 0 Å². The van der Waals surface area contributed by atoms with Crippen molar-refractivity contribution in [2.75, 3.05) is 25.7 Å². The summed E-state index contributed by atoms with van der Waals surface area (Å²) in [6.07, 6.45) is 13.0. The number of fused-ring (bicyclic) bond motifs is 1. The zero-order valence-electron chi connectivity index (χ0n) is 15.2. The van der Waals surface area contributed by atoms with Crippen LogP contribution < -0.4 is 4.90 Å². The van der Waals surface area contributed by atoms with E-state index in [1.165, 1.54) is 12.8 Å². The fourth-order valence-electron chi connectivity index (χ4n) is 3.16. The molecule has 0 saturated heterocycles. The first-order chi connectivity index (χ1) is 12.8.